The first-order chi connectivity index (χ1) is 11.2. The lowest BCUT2D eigenvalue weighted by atomic mass is 10.1. The van der Waals surface area contributed by atoms with Gasteiger partial charge in [-0.25, -0.2) is 0 Å². The van der Waals surface area contributed by atoms with E-state index < -0.39 is 0 Å². The van der Waals surface area contributed by atoms with Crippen LogP contribution in [-0.2, 0) is 11.4 Å². The molecule has 23 heavy (non-hydrogen) atoms. The van der Waals surface area contributed by atoms with Crippen molar-refractivity contribution in [3.63, 3.8) is 0 Å². The van der Waals surface area contributed by atoms with Gasteiger partial charge in [-0.1, -0.05) is 42.5 Å². The number of thioether (sulfide) groups is 1. The van der Waals surface area contributed by atoms with E-state index in [2.05, 4.69) is 4.99 Å². The lowest BCUT2D eigenvalue weighted by molar-refractivity contribution is -0.113. The third kappa shape index (κ3) is 3.21. The van der Waals surface area contributed by atoms with Crippen LogP contribution in [0.15, 0.2) is 64.5 Å². The molecule has 0 atom stereocenters. The number of para-hydroxylation sites is 1. The second-order valence-corrected chi connectivity index (χ2v) is 6.00. The van der Waals surface area contributed by atoms with Crippen molar-refractivity contribution < 1.29 is 9.90 Å². The van der Waals surface area contributed by atoms with E-state index in [1.165, 1.54) is 11.8 Å². The van der Waals surface area contributed by atoms with E-state index in [1.54, 1.807) is 11.9 Å². The van der Waals surface area contributed by atoms with Crippen LogP contribution in [0.1, 0.15) is 11.1 Å². The molecular formula is C18H16N2O2S. The molecule has 0 unspecified atom stereocenters. The maximum absolute atomic E-state index is 12.7. The molecule has 1 saturated heterocycles. The van der Waals surface area contributed by atoms with Crippen LogP contribution in [0.5, 0.6) is 0 Å². The first kappa shape index (κ1) is 15.5. The number of nitrogens with zero attached hydrogens (tertiary/aromatic N) is 2. The molecule has 116 valence electrons. The van der Waals surface area contributed by atoms with E-state index in [4.69, 9.17) is 5.11 Å². The number of carbonyl (C=O) groups excluding carboxylic acids is 1. The van der Waals surface area contributed by atoms with E-state index >= 15 is 0 Å². The van der Waals surface area contributed by atoms with E-state index in [1.807, 2.05) is 60.7 Å². The molecule has 0 saturated carbocycles. The van der Waals surface area contributed by atoms with Crippen LogP contribution in [0.4, 0.5) is 5.69 Å². The van der Waals surface area contributed by atoms with Gasteiger partial charge >= 0.3 is 0 Å². The van der Waals surface area contributed by atoms with Crippen LogP contribution in [0.2, 0.25) is 0 Å². The number of aliphatic imine (C=N–C) groups is 1. The molecule has 2 aromatic carbocycles. The molecule has 2 aromatic rings. The molecule has 1 N–H and O–H groups in total. The Labute approximate surface area is 139 Å². The molecule has 1 aliphatic heterocycles. The number of hydrogen-bond acceptors (Lipinski definition) is 4. The number of benzene rings is 2. The van der Waals surface area contributed by atoms with E-state index in [-0.39, 0.29) is 12.5 Å². The summed E-state index contributed by atoms with van der Waals surface area (Å²) in [5, 5.41) is 9.75. The van der Waals surface area contributed by atoms with Gasteiger partial charge in [0.05, 0.1) is 17.2 Å². The normalized spacial score (nSPS) is 18.2. The SMILES string of the molecule is C/N=C1\S/C(=C\c2ccc(CO)cc2)C(=O)N1c1ccccc1. The van der Waals surface area contributed by atoms with Gasteiger partial charge in [0, 0.05) is 7.05 Å². The Kier molecular flexibility index (Phi) is 4.60. The number of rotatable bonds is 3. The molecule has 0 radical (unpaired) electrons. The highest BCUT2D eigenvalue weighted by Gasteiger charge is 2.33. The molecule has 0 bridgehead atoms. The van der Waals surface area contributed by atoms with Crippen molar-refractivity contribution in [3.05, 3.63) is 70.6 Å². The van der Waals surface area contributed by atoms with Gasteiger partial charge in [-0.05, 0) is 41.1 Å². The van der Waals surface area contributed by atoms with Crippen LogP contribution in [0.3, 0.4) is 0 Å². The molecule has 1 amide bonds. The van der Waals surface area contributed by atoms with Crippen molar-refractivity contribution in [1.29, 1.82) is 0 Å². The Morgan fingerprint density at radius 2 is 1.83 bits per heavy atom. The Morgan fingerprint density at radius 3 is 2.43 bits per heavy atom. The Balaban J connectivity index is 1.93. The predicted octanol–water partition coefficient (Wildman–Crippen LogP) is 3.29. The summed E-state index contributed by atoms with van der Waals surface area (Å²) in [7, 11) is 1.69. The number of amidine groups is 1. The molecule has 5 heteroatoms. The quantitative estimate of drug-likeness (QED) is 0.882. The number of aliphatic hydroxyl groups is 1. The number of amides is 1. The molecule has 1 aliphatic rings. The third-order valence-corrected chi connectivity index (χ3v) is 4.53. The summed E-state index contributed by atoms with van der Waals surface area (Å²) in [6, 6.07) is 17.0. The first-order valence-electron chi connectivity index (χ1n) is 7.18. The van der Waals surface area contributed by atoms with E-state index in [0.29, 0.717) is 10.1 Å². The van der Waals surface area contributed by atoms with Crippen LogP contribution in [0, 0.1) is 0 Å². The van der Waals surface area contributed by atoms with E-state index in [9.17, 15) is 4.79 Å². The van der Waals surface area contributed by atoms with Gasteiger partial charge in [0.15, 0.2) is 5.17 Å². The van der Waals surface area contributed by atoms with Gasteiger partial charge in [0.2, 0.25) is 0 Å². The zero-order valence-electron chi connectivity index (χ0n) is 12.6. The summed E-state index contributed by atoms with van der Waals surface area (Å²) < 4.78 is 0. The number of hydrogen-bond donors (Lipinski definition) is 1. The van der Waals surface area contributed by atoms with Crippen LogP contribution in [-0.4, -0.2) is 23.2 Å². The second kappa shape index (κ2) is 6.81. The lowest BCUT2D eigenvalue weighted by Gasteiger charge is -2.14. The molecule has 4 nitrogen and oxygen atoms in total. The summed E-state index contributed by atoms with van der Waals surface area (Å²) in [5.41, 5.74) is 2.58. The largest absolute Gasteiger partial charge is 0.392 e. The lowest BCUT2D eigenvalue weighted by Crippen LogP contribution is -2.28. The van der Waals surface area contributed by atoms with Crippen molar-refractivity contribution in [1.82, 2.24) is 0 Å². The number of carbonyl (C=O) groups is 1. The molecule has 0 aliphatic carbocycles. The third-order valence-electron chi connectivity index (χ3n) is 3.47. The zero-order chi connectivity index (χ0) is 16.2. The van der Waals surface area contributed by atoms with Gasteiger partial charge in [0.1, 0.15) is 0 Å². The minimum atomic E-state index is -0.0759. The smallest absolute Gasteiger partial charge is 0.271 e. The summed E-state index contributed by atoms with van der Waals surface area (Å²) >= 11 is 1.36. The predicted molar refractivity (Wildman–Crippen MR) is 95.2 cm³/mol. The van der Waals surface area contributed by atoms with Gasteiger partial charge in [0.25, 0.3) is 5.91 Å². The fraction of sp³-hybridized carbons (Fsp3) is 0.111. The molecule has 1 fully saturated rings. The number of anilines is 1. The van der Waals surface area contributed by atoms with Gasteiger partial charge in [-0.15, -0.1) is 0 Å². The highest BCUT2D eigenvalue weighted by atomic mass is 32.2. The van der Waals surface area contributed by atoms with Crippen molar-refractivity contribution in [2.24, 2.45) is 4.99 Å². The topological polar surface area (TPSA) is 52.9 Å². The monoisotopic (exact) mass is 324 g/mol. The van der Waals surface area contributed by atoms with Crippen LogP contribution >= 0.6 is 11.8 Å². The summed E-state index contributed by atoms with van der Waals surface area (Å²) in [5.74, 6) is -0.0759. The maximum Gasteiger partial charge on any atom is 0.271 e. The molecule has 0 spiro atoms. The van der Waals surface area contributed by atoms with E-state index in [0.717, 1.165) is 16.8 Å². The van der Waals surface area contributed by atoms with Crippen molar-refractivity contribution in [3.8, 4) is 0 Å². The zero-order valence-corrected chi connectivity index (χ0v) is 13.5. The molecule has 3 rings (SSSR count). The minimum Gasteiger partial charge on any atom is -0.392 e. The minimum absolute atomic E-state index is 0.0129. The van der Waals surface area contributed by atoms with Crippen LogP contribution in [0.25, 0.3) is 6.08 Å². The van der Waals surface area contributed by atoms with Gasteiger partial charge in [-0.3, -0.25) is 14.7 Å². The van der Waals surface area contributed by atoms with Crippen molar-refractivity contribution in [2.75, 3.05) is 11.9 Å². The summed E-state index contributed by atoms with van der Waals surface area (Å²) in [4.78, 5) is 19.2. The summed E-state index contributed by atoms with van der Waals surface area (Å²) in [6.07, 6.45) is 1.85. The Morgan fingerprint density at radius 1 is 1.13 bits per heavy atom. The molecular weight excluding hydrogens is 308 g/mol. The molecule has 0 aromatic heterocycles. The maximum atomic E-state index is 12.7. The second-order valence-electron chi connectivity index (χ2n) is 4.99. The summed E-state index contributed by atoms with van der Waals surface area (Å²) in [6.45, 7) is 0.0129. The standard InChI is InChI=1S/C18H16N2O2S/c1-19-18-20(15-5-3-2-4-6-15)17(22)16(23-18)11-13-7-9-14(12-21)10-8-13/h2-11,21H,12H2,1H3/b16-11-,19-18-. The average molecular weight is 324 g/mol. The average Bonchev–Trinajstić information content (AvgIpc) is 2.92. The first-order valence-corrected chi connectivity index (χ1v) is 8.00. The highest BCUT2D eigenvalue weighted by molar-refractivity contribution is 8.19. The van der Waals surface area contributed by atoms with Gasteiger partial charge < -0.3 is 5.11 Å². The van der Waals surface area contributed by atoms with Gasteiger partial charge in [-0.2, -0.15) is 0 Å². The molecule has 1 heterocycles. The number of aliphatic hydroxyl groups excluding tert-OH is 1. The van der Waals surface area contributed by atoms with Crippen molar-refractivity contribution >= 4 is 34.6 Å². The fourth-order valence-corrected chi connectivity index (χ4v) is 3.24. The Bertz CT molecular complexity index is 767. The highest BCUT2D eigenvalue weighted by Crippen LogP contribution is 2.35. The van der Waals surface area contributed by atoms with Crippen LogP contribution < -0.4 is 4.90 Å². The Hall–Kier alpha value is -2.37. The fourth-order valence-electron chi connectivity index (χ4n) is 2.30. The van der Waals surface area contributed by atoms with Crippen molar-refractivity contribution in [2.45, 2.75) is 6.61 Å².